The minimum atomic E-state index is -1.08. The number of carbonyl (C=O) groups excluding carboxylic acids is 1. The Morgan fingerprint density at radius 2 is 1.86 bits per heavy atom. The van der Waals surface area contributed by atoms with Gasteiger partial charge in [-0.05, 0) is 19.1 Å². The summed E-state index contributed by atoms with van der Waals surface area (Å²) in [6, 6.07) is 9.01. The van der Waals surface area contributed by atoms with Gasteiger partial charge in [-0.1, -0.05) is 30.0 Å². The first kappa shape index (κ1) is 10.8. The van der Waals surface area contributed by atoms with E-state index in [-0.39, 0.29) is 5.12 Å². The number of carboxylic acids is 1. The largest absolute Gasteiger partial charge is 0.481 e. The first-order valence-corrected chi connectivity index (χ1v) is 4.92. The van der Waals surface area contributed by atoms with Gasteiger partial charge < -0.3 is 5.11 Å². The maximum absolute atomic E-state index is 11.3. The van der Waals surface area contributed by atoms with E-state index in [2.05, 4.69) is 0 Å². The van der Waals surface area contributed by atoms with Crippen molar-refractivity contribution in [1.29, 1.82) is 0 Å². The van der Waals surface area contributed by atoms with E-state index in [0.29, 0.717) is 0 Å². The molecule has 0 saturated carbocycles. The van der Waals surface area contributed by atoms with E-state index in [1.807, 2.05) is 6.07 Å². The summed E-state index contributed by atoms with van der Waals surface area (Å²) in [5.41, 5.74) is 0. The summed E-state index contributed by atoms with van der Waals surface area (Å²) >= 11 is 0.960. The zero-order valence-corrected chi connectivity index (χ0v) is 8.45. The molecule has 1 aromatic rings. The topological polar surface area (TPSA) is 54.4 Å². The number of thioether (sulfide) groups is 1. The smallest absolute Gasteiger partial charge is 0.314 e. The molecule has 74 valence electrons. The van der Waals surface area contributed by atoms with Crippen LogP contribution in [0.15, 0.2) is 35.2 Å². The number of rotatable bonds is 3. The predicted molar refractivity (Wildman–Crippen MR) is 54.1 cm³/mol. The second-order valence-electron chi connectivity index (χ2n) is 2.79. The molecule has 0 bridgehead atoms. The van der Waals surface area contributed by atoms with Crippen LogP contribution in [-0.4, -0.2) is 16.2 Å². The highest BCUT2D eigenvalue weighted by Gasteiger charge is 2.21. The minimum Gasteiger partial charge on any atom is -0.481 e. The molecular weight excluding hydrogens is 200 g/mol. The highest BCUT2D eigenvalue weighted by atomic mass is 32.2. The van der Waals surface area contributed by atoms with Crippen LogP contribution in [0.5, 0.6) is 0 Å². The predicted octanol–water partition coefficient (Wildman–Crippen LogP) is 2.03. The third kappa shape index (κ3) is 2.88. The minimum absolute atomic E-state index is 0.344. The van der Waals surface area contributed by atoms with Crippen molar-refractivity contribution < 1.29 is 14.7 Å². The van der Waals surface area contributed by atoms with Crippen molar-refractivity contribution in [3.8, 4) is 0 Å². The summed E-state index contributed by atoms with van der Waals surface area (Å²) in [4.78, 5) is 22.6. The van der Waals surface area contributed by atoms with E-state index in [9.17, 15) is 9.59 Å². The van der Waals surface area contributed by atoms with Crippen molar-refractivity contribution in [1.82, 2.24) is 0 Å². The molecule has 0 saturated heterocycles. The Balaban J connectivity index is 2.62. The van der Waals surface area contributed by atoms with Crippen LogP contribution >= 0.6 is 11.8 Å². The Hall–Kier alpha value is -1.29. The van der Waals surface area contributed by atoms with E-state index in [1.165, 1.54) is 6.92 Å². The number of carboxylic acid groups (broad SMARTS) is 1. The van der Waals surface area contributed by atoms with Crippen molar-refractivity contribution in [3.63, 3.8) is 0 Å². The van der Waals surface area contributed by atoms with Gasteiger partial charge in [-0.2, -0.15) is 0 Å². The number of hydrogen-bond acceptors (Lipinski definition) is 3. The third-order valence-corrected chi connectivity index (χ3v) is 2.75. The molecule has 1 aromatic carbocycles. The Labute approximate surface area is 86.1 Å². The second-order valence-corrected chi connectivity index (χ2v) is 3.87. The highest BCUT2D eigenvalue weighted by molar-refractivity contribution is 8.13. The molecule has 0 fully saturated rings. The lowest BCUT2D eigenvalue weighted by atomic mass is 10.2. The van der Waals surface area contributed by atoms with Crippen LogP contribution in [-0.2, 0) is 9.59 Å². The standard InChI is InChI=1S/C10H10O3S/c1-7(9(11)12)10(13)14-8-5-3-2-4-6-8/h2-7H,1H3,(H,11,12). The summed E-state index contributed by atoms with van der Waals surface area (Å²) < 4.78 is 0. The first-order chi connectivity index (χ1) is 6.61. The van der Waals surface area contributed by atoms with Crippen molar-refractivity contribution in [2.75, 3.05) is 0 Å². The van der Waals surface area contributed by atoms with Gasteiger partial charge in [0.25, 0.3) is 0 Å². The summed E-state index contributed by atoms with van der Waals surface area (Å²) in [7, 11) is 0. The molecule has 1 N–H and O–H groups in total. The SMILES string of the molecule is CC(C(=O)O)C(=O)Sc1ccccc1. The monoisotopic (exact) mass is 210 g/mol. The summed E-state index contributed by atoms with van der Waals surface area (Å²) in [6.07, 6.45) is 0. The maximum Gasteiger partial charge on any atom is 0.314 e. The molecule has 1 unspecified atom stereocenters. The number of hydrogen-bond donors (Lipinski definition) is 1. The number of carbonyl (C=O) groups is 2. The van der Waals surface area contributed by atoms with Gasteiger partial charge in [-0.15, -0.1) is 0 Å². The number of aliphatic carboxylic acids is 1. The van der Waals surface area contributed by atoms with Crippen molar-refractivity contribution >= 4 is 22.8 Å². The average molecular weight is 210 g/mol. The molecule has 0 aliphatic rings. The normalized spacial score (nSPS) is 12.1. The fourth-order valence-corrected chi connectivity index (χ4v) is 1.60. The van der Waals surface area contributed by atoms with E-state index < -0.39 is 11.9 Å². The van der Waals surface area contributed by atoms with Crippen LogP contribution in [0.25, 0.3) is 0 Å². The van der Waals surface area contributed by atoms with Crippen molar-refractivity contribution in [3.05, 3.63) is 30.3 Å². The fraction of sp³-hybridized carbons (Fsp3) is 0.200. The molecule has 0 aliphatic carbocycles. The molecule has 4 heteroatoms. The molecular formula is C10H10O3S. The fourth-order valence-electron chi connectivity index (χ4n) is 0.794. The molecule has 0 aliphatic heterocycles. The van der Waals surface area contributed by atoms with Crippen LogP contribution in [0.4, 0.5) is 0 Å². The molecule has 14 heavy (non-hydrogen) atoms. The van der Waals surface area contributed by atoms with Crippen LogP contribution < -0.4 is 0 Å². The second kappa shape index (κ2) is 4.81. The highest BCUT2D eigenvalue weighted by Crippen LogP contribution is 2.21. The van der Waals surface area contributed by atoms with Gasteiger partial charge in [0.15, 0.2) is 0 Å². The van der Waals surface area contributed by atoms with Crippen LogP contribution in [0.3, 0.4) is 0 Å². The maximum atomic E-state index is 11.3. The van der Waals surface area contributed by atoms with Crippen LogP contribution in [0, 0.1) is 5.92 Å². The van der Waals surface area contributed by atoms with Gasteiger partial charge in [-0.3, -0.25) is 9.59 Å². The van der Waals surface area contributed by atoms with Crippen molar-refractivity contribution in [2.24, 2.45) is 5.92 Å². The molecule has 0 radical (unpaired) electrons. The lowest BCUT2D eigenvalue weighted by Crippen LogP contribution is -2.17. The van der Waals surface area contributed by atoms with E-state index >= 15 is 0 Å². The molecule has 0 aromatic heterocycles. The average Bonchev–Trinajstić information content (AvgIpc) is 2.18. The van der Waals surface area contributed by atoms with Crippen molar-refractivity contribution in [2.45, 2.75) is 11.8 Å². The zero-order chi connectivity index (χ0) is 10.6. The molecule has 1 rings (SSSR count). The Kier molecular flexibility index (Phi) is 3.71. The quantitative estimate of drug-likeness (QED) is 0.612. The molecule has 1 atom stereocenters. The molecule has 0 spiro atoms. The van der Waals surface area contributed by atoms with Gasteiger partial charge in [0.2, 0.25) is 5.12 Å². The first-order valence-electron chi connectivity index (χ1n) is 4.11. The summed E-state index contributed by atoms with van der Waals surface area (Å²) in [6.45, 7) is 1.39. The van der Waals surface area contributed by atoms with E-state index in [4.69, 9.17) is 5.11 Å². The Morgan fingerprint density at radius 1 is 1.29 bits per heavy atom. The zero-order valence-electron chi connectivity index (χ0n) is 7.64. The number of benzene rings is 1. The molecule has 0 amide bonds. The van der Waals surface area contributed by atoms with Gasteiger partial charge in [0.05, 0.1) is 0 Å². The Bertz CT molecular complexity index is 334. The molecule has 0 heterocycles. The van der Waals surface area contributed by atoms with Gasteiger partial charge in [0, 0.05) is 4.90 Å². The third-order valence-electron chi connectivity index (χ3n) is 1.69. The van der Waals surface area contributed by atoms with Crippen LogP contribution in [0.2, 0.25) is 0 Å². The Morgan fingerprint density at radius 3 is 2.36 bits per heavy atom. The lowest BCUT2D eigenvalue weighted by Gasteiger charge is -2.03. The van der Waals surface area contributed by atoms with Gasteiger partial charge in [0.1, 0.15) is 5.92 Å². The molecule has 3 nitrogen and oxygen atoms in total. The van der Waals surface area contributed by atoms with Crippen LogP contribution in [0.1, 0.15) is 6.92 Å². The lowest BCUT2D eigenvalue weighted by molar-refractivity contribution is -0.143. The van der Waals surface area contributed by atoms with Gasteiger partial charge >= 0.3 is 5.97 Å². The van der Waals surface area contributed by atoms with E-state index in [0.717, 1.165) is 16.7 Å². The summed E-state index contributed by atoms with van der Waals surface area (Å²) in [5, 5.41) is 8.25. The van der Waals surface area contributed by atoms with Gasteiger partial charge in [-0.25, -0.2) is 0 Å². The summed E-state index contributed by atoms with van der Waals surface area (Å²) in [5.74, 6) is -2.04. The van der Waals surface area contributed by atoms with E-state index in [1.54, 1.807) is 24.3 Å².